The monoisotopic (exact) mass is 414 g/mol. The molecule has 28 heavy (non-hydrogen) atoms. The number of piperazine rings is 1. The number of nitrogens with zero attached hydrogens (tertiary/aromatic N) is 4. The quantitative estimate of drug-likeness (QED) is 0.718. The number of carbonyl (C=O) groups excluding carboxylic acids is 2. The number of rotatable bonds is 4. The first-order valence-electron chi connectivity index (χ1n) is 10.2. The van der Waals surface area contributed by atoms with Crippen molar-refractivity contribution in [1.29, 1.82) is 0 Å². The molecular formula is C19H34N4O4S. The van der Waals surface area contributed by atoms with Crippen LogP contribution >= 0.6 is 11.8 Å². The van der Waals surface area contributed by atoms with Gasteiger partial charge in [0.15, 0.2) is 0 Å². The molecule has 1 N–H and O–H groups in total. The third-order valence-corrected chi connectivity index (χ3v) is 6.56. The summed E-state index contributed by atoms with van der Waals surface area (Å²) in [4.78, 5) is 34.1. The average Bonchev–Trinajstić information content (AvgIpc) is 3.31. The standard InChI is InChI=1S/C19H34N4O4S/c1-19(2,3)27-18(26)23-13-15(21-6-4-20(5-7-21)8-10-24)12-16(23)17(25)22-9-11-28-14-22/h15-16,24H,4-14H2,1-3H3/t15-,16-/m0/s1. The third-order valence-electron chi connectivity index (χ3n) is 5.60. The first-order valence-corrected chi connectivity index (χ1v) is 11.4. The highest BCUT2D eigenvalue weighted by atomic mass is 32.2. The third kappa shape index (κ3) is 5.31. The second kappa shape index (κ2) is 9.19. The number of hydrogen-bond acceptors (Lipinski definition) is 7. The van der Waals surface area contributed by atoms with Crippen LogP contribution in [0.5, 0.6) is 0 Å². The van der Waals surface area contributed by atoms with Crippen LogP contribution in [0.3, 0.4) is 0 Å². The van der Waals surface area contributed by atoms with Crippen LogP contribution in [0.15, 0.2) is 0 Å². The van der Waals surface area contributed by atoms with Gasteiger partial charge in [0.25, 0.3) is 0 Å². The number of ether oxygens (including phenoxy) is 1. The van der Waals surface area contributed by atoms with E-state index in [0.29, 0.717) is 25.4 Å². The molecule has 0 saturated carbocycles. The number of β-amino-alcohol motifs (C(OH)–C–C–N with tert-alkyl or cyclic N) is 1. The highest BCUT2D eigenvalue weighted by Gasteiger charge is 2.45. The van der Waals surface area contributed by atoms with E-state index in [1.165, 1.54) is 0 Å². The molecule has 0 spiro atoms. The van der Waals surface area contributed by atoms with Crippen molar-refractivity contribution < 1.29 is 19.4 Å². The Kier molecular flexibility index (Phi) is 7.12. The van der Waals surface area contributed by atoms with Crippen LogP contribution in [-0.2, 0) is 9.53 Å². The number of aliphatic hydroxyl groups is 1. The molecule has 0 aromatic carbocycles. The van der Waals surface area contributed by atoms with E-state index in [9.17, 15) is 9.59 Å². The smallest absolute Gasteiger partial charge is 0.411 e. The van der Waals surface area contributed by atoms with E-state index in [1.807, 2.05) is 25.7 Å². The second-order valence-corrected chi connectivity index (χ2v) is 9.85. The summed E-state index contributed by atoms with van der Waals surface area (Å²) >= 11 is 1.76. The first kappa shape index (κ1) is 21.7. The topological polar surface area (TPSA) is 76.6 Å². The number of thioether (sulfide) groups is 1. The van der Waals surface area contributed by atoms with Crippen molar-refractivity contribution in [3.8, 4) is 0 Å². The van der Waals surface area contributed by atoms with Gasteiger partial charge in [-0.15, -0.1) is 11.8 Å². The van der Waals surface area contributed by atoms with Crippen LogP contribution in [0.1, 0.15) is 27.2 Å². The van der Waals surface area contributed by atoms with Gasteiger partial charge < -0.3 is 14.7 Å². The van der Waals surface area contributed by atoms with Crippen molar-refractivity contribution >= 4 is 23.8 Å². The maximum Gasteiger partial charge on any atom is 0.411 e. The minimum atomic E-state index is -0.581. The number of carbonyl (C=O) groups is 2. The van der Waals surface area contributed by atoms with Crippen LogP contribution in [0, 0.1) is 0 Å². The van der Waals surface area contributed by atoms with Crippen molar-refractivity contribution in [2.24, 2.45) is 0 Å². The summed E-state index contributed by atoms with van der Waals surface area (Å²) in [5, 5.41) is 9.13. The molecule has 3 saturated heterocycles. The lowest BCUT2D eigenvalue weighted by atomic mass is 10.1. The van der Waals surface area contributed by atoms with Crippen LogP contribution in [0.4, 0.5) is 4.79 Å². The zero-order valence-electron chi connectivity index (χ0n) is 17.3. The lowest BCUT2D eigenvalue weighted by Crippen LogP contribution is -2.51. The number of amides is 2. The molecule has 0 unspecified atom stereocenters. The largest absolute Gasteiger partial charge is 0.444 e. The van der Waals surface area contributed by atoms with Crippen molar-refractivity contribution in [3.05, 3.63) is 0 Å². The molecule has 160 valence electrons. The fraction of sp³-hybridized carbons (Fsp3) is 0.895. The Morgan fingerprint density at radius 3 is 2.43 bits per heavy atom. The Balaban J connectivity index is 1.67. The molecule has 9 heteroatoms. The fourth-order valence-electron chi connectivity index (χ4n) is 4.13. The normalized spacial score (nSPS) is 27.4. The Hall–Kier alpha value is -1.03. The van der Waals surface area contributed by atoms with Gasteiger partial charge in [-0.05, 0) is 27.2 Å². The Bertz CT molecular complexity index is 557. The highest BCUT2D eigenvalue weighted by Crippen LogP contribution is 2.28. The molecule has 0 aromatic heterocycles. The predicted octanol–water partition coefficient (Wildman–Crippen LogP) is 0.507. The maximum atomic E-state index is 13.1. The van der Waals surface area contributed by atoms with Gasteiger partial charge in [0.05, 0.1) is 12.5 Å². The van der Waals surface area contributed by atoms with Crippen molar-refractivity contribution in [2.75, 3.05) is 64.0 Å². The van der Waals surface area contributed by atoms with Gasteiger partial charge in [0, 0.05) is 57.6 Å². The molecule has 3 aliphatic heterocycles. The Morgan fingerprint density at radius 2 is 1.86 bits per heavy atom. The van der Waals surface area contributed by atoms with E-state index in [0.717, 1.165) is 38.5 Å². The number of aliphatic hydroxyl groups excluding tert-OH is 1. The van der Waals surface area contributed by atoms with Gasteiger partial charge in [0.2, 0.25) is 5.91 Å². The zero-order valence-corrected chi connectivity index (χ0v) is 18.1. The summed E-state index contributed by atoms with van der Waals surface area (Å²) in [7, 11) is 0. The minimum Gasteiger partial charge on any atom is -0.444 e. The van der Waals surface area contributed by atoms with Gasteiger partial charge in [0.1, 0.15) is 11.6 Å². The van der Waals surface area contributed by atoms with Crippen molar-refractivity contribution in [2.45, 2.75) is 44.9 Å². The molecule has 0 aliphatic carbocycles. The van der Waals surface area contributed by atoms with Crippen LogP contribution in [-0.4, -0.2) is 118 Å². The molecule has 3 rings (SSSR count). The van der Waals surface area contributed by atoms with Crippen molar-refractivity contribution in [3.63, 3.8) is 0 Å². The summed E-state index contributed by atoms with van der Waals surface area (Å²) < 4.78 is 5.61. The van der Waals surface area contributed by atoms with E-state index in [1.54, 1.807) is 16.7 Å². The molecule has 0 aromatic rings. The summed E-state index contributed by atoms with van der Waals surface area (Å²) in [6.45, 7) is 11.3. The molecule has 2 atom stereocenters. The lowest BCUT2D eigenvalue weighted by Gasteiger charge is -2.37. The molecule has 3 heterocycles. The number of likely N-dealkylation sites (tertiary alicyclic amines) is 1. The molecule has 0 radical (unpaired) electrons. The van der Waals surface area contributed by atoms with Crippen LogP contribution < -0.4 is 0 Å². The minimum absolute atomic E-state index is 0.0530. The zero-order chi connectivity index (χ0) is 20.3. The van der Waals surface area contributed by atoms with E-state index >= 15 is 0 Å². The SMILES string of the molecule is CC(C)(C)OC(=O)N1C[C@@H](N2CCN(CCO)CC2)C[C@H]1C(=O)N1CCSC1. The second-order valence-electron chi connectivity index (χ2n) is 8.78. The molecular weight excluding hydrogens is 380 g/mol. The van der Waals surface area contributed by atoms with Crippen LogP contribution in [0.25, 0.3) is 0 Å². The summed E-state index contributed by atoms with van der Waals surface area (Å²) in [5.41, 5.74) is -0.581. The summed E-state index contributed by atoms with van der Waals surface area (Å²) in [5.74, 6) is 1.72. The summed E-state index contributed by atoms with van der Waals surface area (Å²) in [6.07, 6.45) is 0.276. The molecule has 3 fully saturated rings. The van der Waals surface area contributed by atoms with Gasteiger partial charge in [-0.25, -0.2) is 4.79 Å². The lowest BCUT2D eigenvalue weighted by molar-refractivity contribution is -0.134. The van der Waals surface area contributed by atoms with Gasteiger partial charge in [-0.1, -0.05) is 0 Å². The Labute approximate surface area is 172 Å². The maximum absolute atomic E-state index is 13.1. The van der Waals surface area contributed by atoms with Gasteiger partial charge in [-0.3, -0.25) is 19.5 Å². The molecule has 3 aliphatic rings. The average molecular weight is 415 g/mol. The highest BCUT2D eigenvalue weighted by molar-refractivity contribution is 7.99. The van der Waals surface area contributed by atoms with E-state index < -0.39 is 11.6 Å². The van der Waals surface area contributed by atoms with Gasteiger partial charge in [-0.2, -0.15) is 0 Å². The Morgan fingerprint density at radius 1 is 1.14 bits per heavy atom. The predicted molar refractivity (Wildman–Crippen MR) is 109 cm³/mol. The van der Waals surface area contributed by atoms with E-state index in [2.05, 4.69) is 9.80 Å². The molecule has 8 nitrogen and oxygen atoms in total. The first-order chi connectivity index (χ1) is 13.3. The fourth-order valence-corrected chi connectivity index (χ4v) is 5.08. The number of hydrogen-bond donors (Lipinski definition) is 1. The van der Waals surface area contributed by atoms with Crippen LogP contribution in [0.2, 0.25) is 0 Å². The van der Waals surface area contributed by atoms with E-state index in [-0.39, 0.29) is 24.6 Å². The van der Waals surface area contributed by atoms with E-state index in [4.69, 9.17) is 9.84 Å². The molecule has 2 amide bonds. The van der Waals surface area contributed by atoms with Gasteiger partial charge >= 0.3 is 6.09 Å². The van der Waals surface area contributed by atoms with Crippen molar-refractivity contribution in [1.82, 2.24) is 19.6 Å². The summed E-state index contributed by atoms with van der Waals surface area (Å²) in [6, 6.07) is -0.262. The molecule has 0 bridgehead atoms.